The smallest absolute Gasteiger partial charge is 0.231 e. The summed E-state index contributed by atoms with van der Waals surface area (Å²) < 4.78 is 29.1. The second-order valence-electron chi connectivity index (χ2n) is 10.2. The molecule has 2 bridgehead atoms. The van der Waals surface area contributed by atoms with Crippen LogP contribution in [0.15, 0.2) is 46.7 Å². The zero-order valence-corrected chi connectivity index (χ0v) is 20.2. The second-order valence-corrected chi connectivity index (χ2v) is 10.2. The first-order chi connectivity index (χ1) is 16.0. The number of hydrogen-bond donors (Lipinski definition) is 1. The van der Waals surface area contributed by atoms with Gasteiger partial charge in [-0.05, 0) is 68.7 Å². The summed E-state index contributed by atoms with van der Waals surface area (Å²) in [6.45, 7) is 10.9. The molecule has 3 unspecified atom stereocenters. The van der Waals surface area contributed by atoms with Gasteiger partial charge in [0.2, 0.25) is 11.8 Å². The summed E-state index contributed by atoms with van der Waals surface area (Å²) in [5.74, 6) is -1.88. The van der Waals surface area contributed by atoms with Crippen LogP contribution in [0.5, 0.6) is 0 Å². The summed E-state index contributed by atoms with van der Waals surface area (Å²) in [4.78, 5) is 27.8. The van der Waals surface area contributed by atoms with E-state index >= 15 is 0 Å². The predicted molar refractivity (Wildman–Crippen MR) is 125 cm³/mol. The topological polar surface area (TPSA) is 74.1 Å². The third-order valence-electron chi connectivity index (χ3n) is 8.51. The number of halogens is 2. The van der Waals surface area contributed by atoms with Crippen molar-refractivity contribution in [1.82, 2.24) is 10.2 Å². The van der Waals surface area contributed by atoms with Crippen molar-refractivity contribution >= 4 is 17.5 Å². The van der Waals surface area contributed by atoms with Crippen LogP contribution in [0.2, 0.25) is 0 Å². The maximum Gasteiger partial charge on any atom is 0.231 e. The average Bonchev–Trinajstić information content (AvgIpc) is 3.29. The maximum atomic E-state index is 14.6. The van der Waals surface area contributed by atoms with Crippen molar-refractivity contribution in [2.45, 2.75) is 45.6 Å². The van der Waals surface area contributed by atoms with Gasteiger partial charge in [0.05, 0.1) is 28.1 Å². The van der Waals surface area contributed by atoms with Gasteiger partial charge in [-0.3, -0.25) is 9.59 Å². The molecule has 2 fully saturated rings. The van der Waals surface area contributed by atoms with Crippen LogP contribution < -0.4 is 5.32 Å². The summed E-state index contributed by atoms with van der Waals surface area (Å²) in [5.41, 5.74) is -1.26. The van der Waals surface area contributed by atoms with Crippen molar-refractivity contribution in [2.24, 2.45) is 33.4 Å². The highest BCUT2D eigenvalue weighted by atomic mass is 19.1. The van der Waals surface area contributed by atoms with E-state index < -0.39 is 22.6 Å². The fraction of sp³-hybridized carbons (Fsp3) is 0.538. The molecule has 0 aromatic heterocycles. The summed E-state index contributed by atoms with van der Waals surface area (Å²) in [6.07, 6.45) is 3.51. The number of likely N-dealkylation sites (tertiary alicyclic amines) is 1. The van der Waals surface area contributed by atoms with E-state index in [0.717, 1.165) is 5.57 Å². The summed E-state index contributed by atoms with van der Waals surface area (Å²) in [5, 5.41) is 11.7. The Morgan fingerprint density at radius 1 is 1.21 bits per heavy atom. The first-order valence-corrected chi connectivity index (χ1v) is 11.8. The van der Waals surface area contributed by atoms with Gasteiger partial charge in [0, 0.05) is 20.1 Å². The quantitative estimate of drug-likeness (QED) is 0.693. The molecule has 4 rings (SSSR count). The van der Waals surface area contributed by atoms with Crippen LogP contribution in [0.1, 0.15) is 45.6 Å². The van der Waals surface area contributed by atoms with Crippen molar-refractivity contribution in [3.8, 4) is 0 Å². The molecule has 6 nitrogen and oxygen atoms in total. The van der Waals surface area contributed by atoms with Gasteiger partial charge in [0.1, 0.15) is 11.6 Å². The van der Waals surface area contributed by atoms with Crippen molar-refractivity contribution in [3.63, 3.8) is 0 Å². The van der Waals surface area contributed by atoms with Crippen LogP contribution >= 0.6 is 0 Å². The molecule has 182 valence electrons. The Morgan fingerprint density at radius 2 is 1.88 bits per heavy atom. The number of nitrogens with zero attached hydrogens (tertiary/aromatic N) is 3. The highest BCUT2D eigenvalue weighted by molar-refractivity contribution is 5.86. The molecule has 3 aliphatic rings. The molecule has 8 heteroatoms. The summed E-state index contributed by atoms with van der Waals surface area (Å²) in [7, 11) is 1.60. The van der Waals surface area contributed by atoms with E-state index in [9.17, 15) is 18.4 Å². The van der Waals surface area contributed by atoms with E-state index in [0.29, 0.717) is 32.4 Å². The largest absolute Gasteiger partial charge is 0.359 e. The molecule has 0 radical (unpaired) electrons. The number of benzene rings is 1. The molecular weight excluding hydrogens is 438 g/mol. The van der Waals surface area contributed by atoms with E-state index in [4.69, 9.17) is 0 Å². The minimum Gasteiger partial charge on any atom is -0.359 e. The zero-order valence-electron chi connectivity index (χ0n) is 20.2. The molecule has 5 atom stereocenters. The number of fused-ring (bicyclic) bond motifs is 2. The number of nitrogens with one attached hydrogen (secondary N) is 1. The molecule has 1 N–H and O–H groups in total. The predicted octanol–water partition coefficient (Wildman–Crippen LogP) is 4.73. The molecule has 2 amide bonds. The Morgan fingerprint density at radius 3 is 2.53 bits per heavy atom. The molecule has 1 saturated carbocycles. The fourth-order valence-electron chi connectivity index (χ4n) is 5.92. The third kappa shape index (κ3) is 3.67. The number of carbonyl (C=O) groups is 2. The van der Waals surface area contributed by atoms with Crippen LogP contribution in [0, 0.1) is 34.8 Å². The molecule has 1 aromatic carbocycles. The van der Waals surface area contributed by atoms with Gasteiger partial charge in [-0.25, -0.2) is 8.78 Å². The van der Waals surface area contributed by atoms with Crippen LogP contribution in [0.25, 0.3) is 5.70 Å². The zero-order chi connectivity index (χ0) is 24.8. The van der Waals surface area contributed by atoms with Gasteiger partial charge in [-0.2, -0.15) is 10.2 Å². The lowest BCUT2D eigenvalue weighted by Crippen LogP contribution is -2.60. The SMILES string of the molecule is C=C1/C=C(/c2c(F)cccc2F)N=NC2(C)[C@@H](C)C1CC[C@@]2(C)C(=O)N1CCC(C(=O)NC)C1. The normalized spacial score (nSPS) is 34.8. The highest BCUT2D eigenvalue weighted by Crippen LogP contribution is 2.56. The van der Waals surface area contributed by atoms with Gasteiger partial charge < -0.3 is 10.2 Å². The van der Waals surface area contributed by atoms with E-state index in [-0.39, 0.29) is 40.8 Å². The molecule has 2 heterocycles. The lowest BCUT2D eigenvalue weighted by molar-refractivity contribution is -0.150. The average molecular weight is 471 g/mol. The summed E-state index contributed by atoms with van der Waals surface area (Å²) >= 11 is 0. The van der Waals surface area contributed by atoms with E-state index in [1.54, 1.807) is 18.0 Å². The molecule has 1 aliphatic carbocycles. The highest BCUT2D eigenvalue weighted by Gasteiger charge is 2.60. The number of rotatable bonds is 3. The first-order valence-electron chi connectivity index (χ1n) is 11.8. The number of allylic oxidation sites excluding steroid dienone is 2. The first kappa shape index (κ1) is 24.2. The van der Waals surface area contributed by atoms with Crippen molar-refractivity contribution < 1.29 is 18.4 Å². The Bertz CT molecular complexity index is 1080. The molecule has 1 saturated heterocycles. The third-order valence-corrected chi connectivity index (χ3v) is 8.51. The number of azo groups is 1. The van der Waals surface area contributed by atoms with Crippen molar-refractivity contribution in [3.05, 3.63) is 53.6 Å². The van der Waals surface area contributed by atoms with E-state index in [1.165, 1.54) is 18.2 Å². The van der Waals surface area contributed by atoms with Crippen molar-refractivity contribution in [2.75, 3.05) is 20.1 Å². The monoisotopic (exact) mass is 470 g/mol. The Labute approximate surface area is 199 Å². The van der Waals surface area contributed by atoms with Gasteiger partial charge in [-0.1, -0.05) is 19.6 Å². The lowest BCUT2D eigenvalue weighted by Gasteiger charge is -2.53. The number of amides is 2. The second kappa shape index (κ2) is 8.71. The Hall–Kier alpha value is -2.90. The minimum absolute atomic E-state index is 0.00726. The number of carbonyl (C=O) groups excluding carboxylic acids is 2. The van der Waals surface area contributed by atoms with Crippen LogP contribution in [-0.2, 0) is 9.59 Å². The standard InChI is InChI=1S/C26H32F2N4O2/c1-15-13-21(22-19(27)7-6-8-20(22)28)30-31-26(4)16(2)18(15)9-11-25(26,3)24(34)32-12-10-17(14-32)23(33)29-5/h6-8,13,16-18H,1,9-12,14H2,2-5H3,(H,29,33)/b21-13-,31-30?/t16-,17?,18?,25-,26?/m0/s1. The fourth-order valence-corrected chi connectivity index (χ4v) is 5.92. The van der Waals surface area contributed by atoms with Gasteiger partial charge in [0.15, 0.2) is 0 Å². The molecule has 1 aromatic rings. The summed E-state index contributed by atoms with van der Waals surface area (Å²) in [6, 6.07) is 3.68. The van der Waals surface area contributed by atoms with Gasteiger partial charge >= 0.3 is 0 Å². The van der Waals surface area contributed by atoms with Crippen LogP contribution in [0.4, 0.5) is 8.78 Å². The van der Waals surface area contributed by atoms with E-state index in [2.05, 4.69) is 22.1 Å². The minimum atomic E-state index is -0.928. The molecule has 2 aliphatic heterocycles. The van der Waals surface area contributed by atoms with Crippen LogP contribution in [-0.4, -0.2) is 42.4 Å². The van der Waals surface area contributed by atoms with Crippen LogP contribution in [0.3, 0.4) is 0 Å². The van der Waals surface area contributed by atoms with E-state index in [1.807, 2.05) is 20.8 Å². The maximum absolute atomic E-state index is 14.6. The molecule has 34 heavy (non-hydrogen) atoms. The van der Waals surface area contributed by atoms with Gasteiger partial charge in [0.25, 0.3) is 0 Å². The Kier molecular flexibility index (Phi) is 6.21. The van der Waals surface area contributed by atoms with Gasteiger partial charge in [-0.15, -0.1) is 0 Å². The molecular formula is C26H32F2N4O2. The molecule has 0 spiro atoms. The lowest BCUT2D eigenvalue weighted by atomic mass is 9.53. The Balaban J connectivity index is 1.73. The van der Waals surface area contributed by atoms with Crippen molar-refractivity contribution in [1.29, 1.82) is 0 Å². The number of hydrogen-bond acceptors (Lipinski definition) is 4.